The fourth-order valence-corrected chi connectivity index (χ4v) is 8.73. The minimum Gasteiger partial charge on any atom is -0.507 e. The standard InChI is InChI=1S/C60H65N3O/c1-36(2)40-18-20-41(21-19-40)43-27-28-61-53(35-43)46-30-45(31-48(32-46)60(11,12)13)49-15-14-16-55-56(49)62-58(52-34-44(37(3)4)33-50(38(5)6)57(52)64)63(55)54-26-17-39(7)29-51(54)42-22-24-47(25-23-42)59(8,9)10/h14-38,64H,1-13H3/i36D. The number of benzene rings is 6. The second-order valence-electron chi connectivity index (χ2n) is 20.7. The smallest absolute Gasteiger partial charge is 0.149 e. The van der Waals surface area contributed by atoms with Crippen LogP contribution in [0, 0.1) is 6.92 Å². The summed E-state index contributed by atoms with van der Waals surface area (Å²) in [7, 11) is 0. The van der Waals surface area contributed by atoms with E-state index in [1.807, 2.05) is 20.0 Å². The van der Waals surface area contributed by atoms with E-state index in [9.17, 15) is 5.11 Å². The number of hydrogen-bond donors (Lipinski definition) is 1. The third-order valence-electron chi connectivity index (χ3n) is 12.8. The van der Waals surface area contributed by atoms with Crippen molar-refractivity contribution >= 4 is 11.0 Å². The van der Waals surface area contributed by atoms with Crippen molar-refractivity contribution in [3.05, 3.63) is 167 Å². The maximum Gasteiger partial charge on any atom is 0.149 e. The molecule has 8 rings (SSSR count). The molecule has 0 fully saturated rings. The van der Waals surface area contributed by atoms with Crippen molar-refractivity contribution in [2.45, 2.75) is 119 Å². The number of phenolic OH excluding ortho intramolecular Hbond substituents is 1. The molecule has 64 heavy (non-hydrogen) atoms. The molecule has 0 aliphatic heterocycles. The Hall–Kier alpha value is -6.26. The van der Waals surface area contributed by atoms with E-state index < -0.39 is 5.89 Å². The van der Waals surface area contributed by atoms with Crippen molar-refractivity contribution in [2.24, 2.45) is 0 Å². The van der Waals surface area contributed by atoms with Gasteiger partial charge in [0, 0.05) is 24.3 Å². The molecule has 0 unspecified atom stereocenters. The van der Waals surface area contributed by atoms with Gasteiger partial charge in [-0.25, -0.2) is 4.98 Å². The molecule has 326 valence electrons. The highest BCUT2D eigenvalue weighted by atomic mass is 16.3. The van der Waals surface area contributed by atoms with Crippen LogP contribution in [0.15, 0.2) is 134 Å². The summed E-state index contributed by atoms with van der Waals surface area (Å²) < 4.78 is 10.8. The van der Waals surface area contributed by atoms with Gasteiger partial charge in [-0.3, -0.25) is 9.55 Å². The van der Waals surface area contributed by atoms with Crippen LogP contribution in [-0.4, -0.2) is 19.6 Å². The minimum absolute atomic E-state index is 0.0286. The van der Waals surface area contributed by atoms with E-state index in [2.05, 4.69) is 208 Å². The first-order valence-corrected chi connectivity index (χ1v) is 22.9. The average Bonchev–Trinajstić information content (AvgIpc) is 3.64. The van der Waals surface area contributed by atoms with Gasteiger partial charge < -0.3 is 5.11 Å². The lowest BCUT2D eigenvalue weighted by molar-refractivity contribution is 0.466. The second kappa shape index (κ2) is 17.0. The molecule has 8 aromatic rings. The molecular formula is C60H65N3O. The van der Waals surface area contributed by atoms with Crippen molar-refractivity contribution in [2.75, 3.05) is 0 Å². The van der Waals surface area contributed by atoms with Crippen molar-refractivity contribution < 1.29 is 6.48 Å². The third-order valence-corrected chi connectivity index (χ3v) is 12.8. The summed E-state index contributed by atoms with van der Waals surface area (Å²) in [4.78, 5) is 10.6. The van der Waals surface area contributed by atoms with Gasteiger partial charge in [0.15, 0.2) is 0 Å². The molecule has 0 saturated carbocycles. The lowest BCUT2D eigenvalue weighted by Gasteiger charge is -2.22. The number of phenols is 1. The predicted octanol–water partition coefficient (Wildman–Crippen LogP) is 16.7. The molecule has 4 heteroatoms. The van der Waals surface area contributed by atoms with Gasteiger partial charge in [0.2, 0.25) is 0 Å². The molecule has 0 bridgehead atoms. The number of fused-ring (bicyclic) bond motifs is 1. The van der Waals surface area contributed by atoms with E-state index in [0.717, 1.165) is 83.6 Å². The number of rotatable bonds is 9. The van der Waals surface area contributed by atoms with Gasteiger partial charge >= 0.3 is 0 Å². The molecule has 0 aliphatic carbocycles. The van der Waals surface area contributed by atoms with E-state index in [1.54, 1.807) is 0 Å². The van der Waals surface area contributed by atoms with E-state index in [-0.39, 0.29) is 28.4 Å². The molecule has 0 spiro atoms. The van der Waals surface area contributed by atoms with Gasteiger partial charge in [-0.15, -0.1) is 0 Å². The summed E-state index contributed by atoms with van der Waals surface area (Å²) in [6.45, 7) is 28.2. The van der Waals surface area contributed by atoms with Gasteiger partial charge in [0.05, 0.1) is 28.0 Å². The van der Waals surface area contributed by atoms with Crippen LogP contribution in [-0.2, 0) is 10.8 Å². The molecule has 4 nitrogen and oxygen atoms in total. The zero-order valence-corrected chi connectivity index (χ0v) is 40.1. The van der Waals surface area contributed by atoms with Crippen molar-refractivity contribution in [1.82, 2.24) is 14.5 Å². The summed E-state index contributed by atoms with van der Waals surface area (Å²) in [5.41, 5.74) is 18.5. The first kappa shape index (κ1) is 43.0. The van der Waals surface area contributed by atoms with Crippen LogP contribution in [0.1, 0.15) is 136 Å². The second-order valence-corrected chi connectivity index (χ2v) is 20.7. The quantitative estimate of drug-likeness (QED) is 0.157. The lowest BCUT2D eigenvalue weighted by Crippen LogP contribution is -2.11. The number of aromatic nitrogens is 3. The van der Waals surface area contributed by atoms with Crippen LogP contribution >= 0.6 is 0 Å². The first-order valence-electron chi connectivity index (χ1n) is 23.4. The fraction of sp³-hybridized carbons (Fsp3) is 0.300. The third kappa shape index (κ3) is 8.68. The van der Waals surface area contributed by atoms with Crippen LogP contribution in [0.5, 0.6) is 5.75 Å². The Morgan fingerprint density at radius 2 is 1.23 bits per heavy atom. The highest BCUT2D eigenvalue weighted by Gasteiger charge is 2.26. The van der Waals surface area contributed by atoms with Crippen molar-refractivity contribution in [3.8, 4) is 67.5 Å². The van der Waals surface area contributed by atoms with Crippen molar-refractivity contribution in [3.63, 3.8) is 0 Å². The highest BCUT2D eigenvalue weighted by molar-refractivity contribution is 5.98. The minimum atomic E-state index is -0.665. The van der Waals surface area contributed by atoms with E-state index >= 15 is 0 Å². The average molecular weight is 845 g/mol. The number of hydrogen-bond acceptors (Lipinski definition) is 3. The molecular weight excluding hydrogens is 779 g/mol. The molecule has 0 radical (unpaired) electrons. The number of para-hydroxylation sites is 1. The lowest BCUT2D eigenvalue weighted by atomic mass is 9.83. The predicted molar refractivity (Wildman–Crippen MR) is 272 cm³/mol. The summed E-state index contributed by atoms with van der Waals surface area (Å²) in [5, 5.41) is 12.3. The number of aryl methyl sites for hydroxylation is 1. The fourth-order valence-electron chi connectivity index (χ4n) is 8.73. The normalized spacial score (nSPS) is 12.7. The highest BCUT2D eigenvalue weighted by Crippen LogP contribution is 2.45. The Bertz CT molecular complexity index is 3040. The summed E-state index contributed by atoms with van der Waals surface area (Å²) >= 11 is 0. The van der Waals surface area contributed by atoms with Gasteiger partial charge in [-0.2, -0.15) is 0 Å². The number of aromatic hydroxyl groups is 1. The zero-order valence-electron chi connectivity index (χ0n) is 41.1. The Morgan fingerprint density at radius 3 is 1.88 bits per heavy atom. The van der Waals surface area contributed by atoms with Crippen LogP contribution in [0.25, 0.3) is 72.7 Å². The van der Waals surface area contributed by atoms with Crippen LogP contribution in [0.3, 0.4) is 0 Å². The van der Waals surface area contributed by atoms with Gasteiger partial charge in [0.1, 0.15) is 11.6 Å². The summed E-state index contributed by atoms with van der Waals surface area (Å²) in [6, 6.07) is 45.8. The van der Waals surface area contributed by atoms with Crippen molar-refractivity contribution in [1.29, 1.82) is 0 Å². The molecule has 2 aromatic heterocycles. The van der Waals surface area contributed by atoms with Gasteiger partial charge in [-0.05, 0) is 134 Å². The van der Waals surface area contributed by atoms with E-state index in [0.29, 0.717) is 5.82 Å². The van der Waals surface area contributed by atoms with E-state index in [1.165, 1.54) is 16.7 Å². The first-order chi connectivity index (χ1) is 30.6. The van der Waals surface area contributed by atoms with Gasteiger partial charge in [-0.1, -0.05) is 168 Å². The van der Waals surface area contributed by atoms with Gasteiger partial charge in [0.25, 0.3) is 0 Å². The Balaban J connectivity index is 1.39. The molecule has 0 aliphatic rings. The topological polar surface area (TPSA) is 50.9 Å². The Morgan fingerprint density at radius 1 is 0.562 bits per heavy atom. The van der Waals surface area contributed by atoms with E-state index in [4.69, 9.17) is 11.3 Å². The SMILES string of the molecule is [2H]C(C)(C)c1ccc(-c2ccnc(-c3cc(-c4cccc5c4nc(-c4cc(C(C)C)cc(C(C)C)c4O)n5-c4ccc(C)cc4-c4ccc(C(C)(C)C)cc4)cc(C(C)(C)C)c3)c2)cc1. The zero-order chi connectivity index (χ0) is 46.7. The summed E-state index contributed by atoms with van der Waals surface area (Å²) in [5.74, 6) is 0.662. The number of pyridine rings is 1. The monoisotopic (exact) mass is 845 g/mol. The molecule has 0 atom stereocenters. The molecule has 2 heterocycles. The summed E-state index contributed by atoms with van der Waals surface area (Å²) in [6.07, 6.45) is 1.89. The molecule has 6 aromatic carbocycles. The maximum atomic E-state index is 12.3. The van der Waals surface area contributed by atoms with Crippen LogP contribution in [0.2, 0.25) is 0 Å². The Labute approximate surface area is 383 Å². The largest absolute Gasteiger partial charge is 0.507 e. The maximum absolute atomic E-state index is 12.3. The Kier molecular flexibility index (Phi) is 11.4. The van der Waals surface area contributed by atoms with Crippen LogP contribution in [0.4, 0.5) is 0 Å². The molecule has 0 saturated heterocycles. The number of nitrogens with zero attached hydrogens (tertiary/aromatic N) is 3. The molecule has 0 amide bonds. The van der Waals surface area contributed by atoms with Crippen LogP contribution < -0.4 is 0 Å². The molecule has 1 N–H and O–H groups in total. The number of imidazole rings is 1.